The molecule has 1 N–H and O–H groups in total. The van der Waals surface area contributed by atoms with E-state index in [-0.39, 0.29) is 0 Å². The van der Waals surface area contributed by atoms with E-state index in [0.717, 1.165) is 11.3 Å². The molecule has 0 aromatic rings. The maximum absolute atomic E-state index is 3.41. The lowest BCUT2D eigenvalue weighted by atomic mass is 10.1. The lowest BCUT2D eigenvalue weighted by Gasteiger charge is -2.16. The molecule has 0 bridgehead atoms. The van der Waals surface area contributed by atoms with Gasteiger partial charge in [-0.05, 0) is 18.7 Å². The van der Waals surface area contributed by atoms with Gasteiger partial charge in [-0.15, -0.1) is 0 Å². The Balaban J connectivity index is 3.38. The van der Waals surface area contributed by atoms with Crippen LogP contribution in [0.1, 0.15) is 52.9 Å². The van der Waals surface area contributed by atoms with Crippen LogP contribution in [0.4, 0.5) is 0 Å². The molecule has 0 aromatic heterocycles. The van der Waals surface area contributed by atoms with Crippen molar-refractivity contribution >= 4 is 11.8 Å². The monoisotopic (exact) mass is 217 g/mol. The average molecular weight is 217 g/mol. The summed E-state index contributed by atoms with van der Waals surface area (Å²) < 4.78 is 0. The maximum atomic E-state index is 3.41. The standard InChI is InChI=1S/C12H27NS/c1-5-6-7-8-9-12(13-4)10-14-11(2)3/h11-13H,5-10H2,1-4H3. The fourth-order valence-electron chi connectivity index (χ4n) is 1.44. The van der Waals surface area contributed by atoms with Crippen LogP contribution in [0.15, 0.2) is 0 Å². The van der Waals surface area contributed by atoms with Crippen molar-refractivity contribution in [2.24, 2.45) is 0 Å². The second kappa shape index (κ2) is 9.85. The summed E-state index contributed by atoms with van der Waals surface area (Å²) in [5.41, 5.74) is 0. The molecule has 0 saturated heterocycles. The van der Waals surface area contributed by atoms with Crippen LogP contribution >= 0.6 is 11.8 Å². The Labute approximate surface area is 94.4 Å². The van der Waals surface area contributed by atoms with Gasteiger partial charge in [0.05, 0.1) is 0 Å². The summed E-state index contributed by atoms with van der Waals surface area (Å²) in [6, 6.07) is 0.722. The molecule has 0 aliphatic carbocycles. The van der Waals surface area contributed by atoms with Crippen LogP contribution in [0.25, 0.3) is 0 Å². The SMILES string of the molecule is CCCCCCC(CSC(C)C)NC. The van der Waals surface area contributed by atoms with E-state index in [9.17, 15) is 0 Å². The van der Waals surface area contributed by atoms with E-state index in [0.29, 0.717) is 0 Å². The summed E-state index contributed by atoms with van der Waals surface area (Å²) in [5, 5.41) is 4.18. The first-order valence-corrected chi connectivity index (χ1v) is 7.04. The summed E-state index contributed by atoms with van der Waals surface area (Å²) in [7, 11) is 2.09. The van der Waals surface area contributed by atoms with Crippen molar-refractivity contribution in [1.82, 2.24) is 5.32 Å². The lowest BCUT2D eigenvalue weighted by molar-refractivity contribution is 0.523. The Bertz CT molecular complexity index is 115. The van der Waals surface area contributed by atoms with Crippen LogP contribution in [0.2, 0.25) is 0 Å². The average Bonchev–Trinajstić information content (AvgIpc) is 2.16. The molecule has 0 aromatic carbocycles. The molecule has 86 valence electrons. The topological polar surface area (TPSA) is 12.0 Å². The van der Waals surface area contributed by atoms with Gasteiger partial charge in [0.25, 0.3) is 0 Å². The second-order valence-corrected chi connectivity index (χ2v) is 5.83. The summed E-state index contributed by atoms with van der Waals surface area (Å²) in [6.07, 6.45) is 6.87. The van der Waals surface area contributed by atoms with Crippen molar-refractivity contribution in [2.75, 3.05) is 12.8 Å². The van der Waals surface area contributed by atoms with E-state index < -0.39 is 0 Å². The number of unbranched alkanes of at least 4 members (excludes halogenated alkanes) is 3. The number of rotatable bonds is 9. The van der Waals surface area contributed by atoms with Crippen molar-refractivity contribution in [3.05, 3.63) is 0 Å². The van der Waals surface area contributed by atoms with Crippen molar-refractivity contribution in [3.8, 4) is 0 Å². The van der Waals surface area contributed by atoms with E-state index in [2.05, 4.69) is 44.9 Å². The maximum Gasteiger partial charge on any atom is 0.0155 e. The van der Waals surface area contributed by atoms with Gasteiger partial charge in [0, 0.05) is 11.8 Å². The highest BCUT2D eigenvalue weighted by atomic mass is 32.2. The van der Waals surface area contributed by atoms with Crippen LogP contribution in [-0.2, 0) is 0 Å². The molecule has 0 aliphatic rings. The third-order valence-corrected chi connectivity index (χ3v) is 3.71. The molecule has 0 spiro atoms. The van der Waals surface area contributed by atoms with Gasteiger partial charge in [-0.3, -0.25) is 0 Å². The Kier molecular flexibility index (Phi) is 10.1. The fraction of sp³-hybridized carbons (Fsp3) is 1.00. The highest BCUT2D eigenvalue weighted by Gasteiger charge is 2.06. The molecule has 0 fully saturated rings. The zero-order valence-corrected chi connectivity index (χ0v) is 11.1. The van der Waals surface area contributed by atoms with Crippen molar-refractivity contribution in [2.45, 2.75) is 64.2 Å². The molecule has 2 heteroatoms. The second-order valence-electron chi connectivity index (χ2n) is 4.22. The summed E-state index contributed by atoms with van der Waals surface area (Å²) in [4.78, 5) is 0. The van der Waals surface area contributed by atoms with Crippen molar-refractivity contribution < 1.29 is 0 Å². The number of hydrogen-bond acceptors (Lipinski definition) is 2. The quantitative estimate of drug-likeness (QED) is 0.591. The molecule has 1 atom stereocenters. The minimum atomic E-state index is 0.722. The molecule has 0 saturated carbocycles. The zero-order chi connectivity index (χ0) is 10.8. The summed E-state index contributed by atoms with van der Waals surface area (Å²) in [5.74, 6) is 1.26. The largest absolute Gasteiger partial charge is 0.316 e. The van der Waals surface area contributed by atoms with E-state index in [1.165, 1.54) is 37.9 Å². The molecule has 1 nitrogen and oxygen atoms in total. The first-order valence-electron chi connectivity index (χ1n) is 5.99. The minimum Gasteiger partial charge on any atom is -0.316 e. The van der Waals surface area contributed by atoms with E-state index >= 15 is 0 Å². The van der Waals surface area contributed by atoms with Gasteiger partial charge < -0.3 is 5.32 Å². The fourth-order valence-corrected chi connectivity index (χ4v) is 2.39. The normalized spacial score (nSPS) is 13.5. The van der Waals surface area contributed by atoms with Crippen molar-refractivity contribution in [1.29, 1.82) is 0 Å². The van der Waals surface area contributed by atoms with Gasteiger partial charge in [-0.1, -0.05) is 46.5 Å². The van der Waals surface area contributed by atoms with Gasteiger partial charge >= 0.3 is 0 Å². The number of hydrogen-bond donors (Lipinski definition) is 1. The highest BCUT2D eigenvalue weighted by Crippen LogP contribution is 2.14. The van der Waals surface area contributed by atoms with E-state index in [1.54, 1.807) is 0 Å². The number of nitrogens with one attached hydrogen (secondary N) is 1. The first kappa shape index (κ1) is 14.3. The molecule has 0 radical (unpaired) electrons. The Hall–Kier alpha value is 0.310. The van der Waals surface area contributed by atoms with Crippen molar-refractivity contribution in [3.63, 3.8) is 0 Å². The van der Waals surface area contributed by atoms with Gasteiger partial charge in [0.1, 0.15) is 0 Å². The molecular formula is C12H27NS. The van der Waals surface area contributed by atoms with Gasteiger partial charge in [-0.2, -0.15) is 11.8 Å². The smallest absolute Gasteiger partial charge is 0.0155 e. The van der Waals surface area contributed by atoms with Gasteiger partial charge in [0.2, 0.25) is 0 Å². The molecule has 0 amide bonds. The third kappa shape index (κ3) is 8.89. The number of thioether (sulfide) groups is 1. The predicted molar refractivity (Wildman–Crippen MR) is 69.2 cm³/mol. The molecule has 0 heterocycles. The van der Waals surface area contributed by atoms with Gasteiger partial charge in [-0.25, -0.2) is 0 Å². The van der Waals surface area contributed by atoms with Crippen LogP contribution < -0.4 is 5.32 Å². The molecule has 14 heavy (non-hydrogen) atoms. The highest BCUT2D eigenvalue weighted by molar-refractivity contribution is 7.99. The van der Waals surface area contributed by atoms with Crippen LogP contribution in [0.5, 0.6) is 0 Å². The van der Waals surface area contributed by atoms with Gasteiger partial charge in [0.15, 0.2) is 0 Å². The summed E-state index contributed by atoms with van der Waals surface area (Å²) in [6.45, 7) is 6.81. The van der Waals surface area contributed by atoms with Crippen LogP contribution in [0, 0.1) is 0 Å². The Morgan fingerprint density at radius 1 is 1.14 bits per heavy atom. The summed E-state index contributed by atoms with van der Waals surface area (Å²) >= 11 is 2.07. The third-order valence-electron chi connectivity index (χ3n) is 2.45. The van der Waals surface area contributed by atoms with E-state index in [1.807, 2.05) is 0 Å². The molecular weight excluding hydrogens is 190 g/mol. The molecule has 0 rings (SSSR count). The Morgan fingerprint density at radius 2 is 1.86 bits per heavy atom. The zero-order valence-electron chi connectivity index (χ0n) is 10.3. The van der Waals surface area contributed by atoms with Crippen LogP contribution in [0.3, 0.4) is 0 Å². The molecule has 0 aliphatic heterocycles. The Morgan fingerprint density at radius 3 is 2.36 bits per heavy atom. The molecule has 1 unspecified atom stereocenters. The van der Waals surface area contributed by atoms with Crippen LogP contribution in [-0.4, -0.2) is 24.1 Å². The lowest BCUT2D eigenvalue weighted by Crippen LogP contribution is -2.28. The minimum absolute atomic E-state index is 0.722. The van der Waals surface area contributed by atoms with E-state index in [4.69, 9.17) is 0 Å². The predicted octanol–water partition coefficient (Wildman–Crippen LogP) is 3.69. The first-order chi connectivity index (χ1) is 6.70.